The van der Waals surface area contributed by atoms with Crippen molar-refractivity contribution in [3.8, 4) is 5.75 Å². The van der Waals surface area contributed by atoms with Gasteiger partial charge in [-0.1, -0.05) is 18.2 Å². The van der Waals surface area contributed by atoms with Crippen molar-refractivity contribution in [2.75, 3.05) is 19.6 Å². The van der Waals surface area contributed by atoms with E-state index in [9.17, 15) is 9.59 Å². The molecule has 0 saturated carbocycles. The molecule has 2 unspecified atom stereocenters. The largest absolute Gasteiger partial charge is 0.481 e. The number of piperazine rings is 1. The summed E-state index contributed by atoms with van der Waals surface area (Å²) >= 11 is 0. The Hall–Kier alpha value is -2.73. The van der Waals surface area contributed by atoms with Crippen molar-refractivity contribution in [1.29, 1.82) is 0 Å². The summed E-state index contributed by atoms with van der Waals surface area (Å²) in [4.78, 5) is 30.5. The number of ether oxygens (including phenoxy) is 1. The first-order valence-corrected chi connectivity index (χ1v) is 8.75. The second-order valence-corrected chi connectivity index (χ2v) is 6.38. The molecule has 2 heterocycles. The van der Waals surface area contributed by atoms with Crippen molar-refractivity contribution in [3.63, 3.8) is 0 Å². The molecule has 0 aliphatic carbocycles. The van der Waals surface area contributed by atoms with E-state index in [0.29, 0.717) is 24.4 Å². The van der Waals surface area contributed by atoms with E-state index in [1.807, 2.05) is 17.0 Å². The van der Waals surface area contributed by atoms with Crippen LogP contribution in [0.15, 0.2) is 48.8 Å². The van der Waals surface area contributed by atoms with E-state index in [0.717, 1.165) is 12.1 Å². The summed E-state index contributed by atoms with van der Waals surface area (Å²) in [6.45, 7) is 5.29. The lowest BCUT2D eigenvalue weighted by Crippen LogP contribution is -2.52. The summed E-state index contributed by atoms with van der Waals surface area (Å²) in [5.74, 6) is 0.411. The Labute approximate surface area is 153 Å². The molecule has 2 aromatic rings. The normalized spacial score (nSPS) is 18.2. The van der Waals surface area contributed by atoms with Gasteiger partial charge in [0.2, 0.25) is 0 Å². The van der Waals surface area contributed by atoms with E-state index < -0.39 is 6.10 Å². The predicted octanol–water partition coefficient (Wildman–Crippen LogP) is 2.22. The van der Waals surface area contributed by atoms with Crippen LogP contribution in [0.3, 0.4) is 0 Å². The zero-order chi connectivity index (χ0) is 18.5. The molecule has 0 bridgehead atoms. The average Bonchev–Trinajstić information content (AvgIpc) is 2.68. The van der Waals surface area contributed by atoms with Gasteiger partial charge in [0.25, 0.3) is 5.91 Å². The fraction of sp³-hybridized carbons (Fsp3) is 0.350. The molecule has 1 N–H and O–H groups in total. The van der Waals surface area contributed by atoms with E-state index in [1.54, 1.807) is 43.6 Å². The van der Waals surface area contributed by atoms with Crippen molar-refractivity contribution in [2.45, 2.75) is 26.0 Å². The maximum absolute atomic E-state index is 13.0. The lowest BCUT2D eigenvalue weighted by atomic mass is 10.0. The van der Waals surface area contributed by atoms with E-state index in [2.05, 4.69) is 10.3 Å². The minimum Gasteiger partial charge on any atom is -0.481 e. The first-order valence-electron chi connectivity index (χ1n) is 8.75. The van der Waals surface area contributed by atoms with Crippen LogP contribution in [0.1, 0.15) is 35.8 Å². The van der Waals surface area contributed by atoms with Crippen LogP contribution in [0.4, 0.5) is 0 Å². The number of Topliss-reactive ketones (excluding diaryl/α,β-unsaturated/α-hetero) is 1. The van der Waals surface area contributed by atoms with Crippen LogP contribution in [-0.2, 0) is 4.79 Å². The van der Waals surface area contributed by atoms with Crippen molar-refractivity contribution >= 4 is 11.7 Å². The fourth-order valence-electron chi connectivity index (χ4n) is 3.12. The SMILES string of the molecule is CC(=O)c1cccc(OC(C)C(=O)N2CCNCC2c2cccnc2)c1. The number of nitrogens with zero attached hydrogens (tertiary/aromatic N) is 2. The van der Waals surface area contributed by atoms with Gasteiger partial charge in [0.15, 0.2) is 11.9 Å². The van der Waals surface area contributed by atoms with Gasteiger partial charge < -0.3 is 15.0 Å². The van der Waals surface area contributed by atoms with Crippen LogP contribution in [0.2, 0.25) is 0 Å². The molecule has 1 amide bonds. The highest BCUT2D eigenvalue weighted by Gasteiger charge is 2.31. The van der Waals surface area contributed by atoms with Crippen molar-refractivity contribution in [3.05, 3.63) is 59.9 Å². The number of amides is 1. The monoisotopic (exact) mass is 353 g/mol. The molecule has 1 fully saturated rings. The first kappa shape index (κ1) is 18.1. The Balaban J connectivity index is 1.74. The second-order valence-electron chi connectivity index (χ2n) is 6.38. The minimum atomic E-state index is -0.644. The molecule has 136 valence electrons. The van der Waals surface area contributed by atoms with Gasteiger partial charge in [-0.15, -0.1) is 0 Å². The highest BCUT2D eigenvalue weighted by molar-refractivity contribution is 5.94. The number of nitrogens with one attached hydrogen (secondary N) is 1. The second kappa shape index (κ2) is 8.10. The van der Waals surface area contributed by atoms with Gasteiger partial charge in [-0.05, 0) is 37.6 Å². The van der Waals surface area contributed by atoms with E-state index in [4.69, 9.17) is 4.74 Å². The summed E-state index contributed by atoms with van der Waals surface area (Å²) in [6.07, 6.45) is 2.87. The maximum Gasteiger partial charge on any atom is 0.263 e. The lowest BCUT2D eigenvalue weighted by Gasteiger charge is -2.37. The molecule has 0 radical (unpaired) electrons. The molecule has 6 nitrogen and oxygen atoms in total. The van der Waals surface area contributed by atoms with Gasteiger partial charge in [0.05, 0.1) is 6.04 Å². The summed E-state index contributed by atoms with van der Waals surface area (Å²) in [6, 6.07) is 10.7. The number of aromatic nitrogens is 1. The van der Waals surface area contributed by atoms with Crippen molar-refractivity contribution in [1.82, 2.24) is 15.2 Å². The summed E-state index contributed by atoms with van der Waals surface area (Å²) in [5, 5.41) is 3.33. The quantitative estimate of drug-likeness (QED) is 0.835. The minimum absolute atomic E-state index is 0.0341. The van der Waals surface area contributed by atoms with Crippen molar-refractivity contribution < 1.29 is 14.3 Å². The van der Waals surface area contributed by atoms with Crippen molar-refractivity contribution in [2.24, 2.45) is 0 Å². The topological polar surface area (TPSA) is 71.5 Å². The molecular weight excluding hydrogens is 330 g/mol. The fourth-order valence-corrected chi connectivity index (χ4v) is 3.12. The molecule has 0 spiro atoms. The molecule has 1 aliphatic rings. The van der Waals surface area contributed by atoms with Gasteiger partial charge in [-0.2, -0.15) is 0 Å². The van der Waals surface area contributed by atoms with Gasteiger partial charge >= 0.3 is 0 Å². The first-order chi connectivity index (χ1) is 12.6. The summed E-state index contributed by atoms with van der Waals surface area (Å²) < 4.78 is 5.82. The zero-order valence-corrected chi connectivity index (χ0v) is 15.0. The number of ketones is 1. The number of carbonyl (C=O) groups excluding carboxylic acids is 2. The molecule has 1 aromatic heterocycles. The number of rotatable bonds is 5. The van der Waals surface area contributed by atoms with E-state index in [-0.39, 0.29) is 17.7 Å². The molecule has 1 aliphatic heterocycles. The number of hydrogen-bond acceptors (Lipinski definition) is 5. The van der Waals surface area contributed by atoms with Crippen LogP contribution < -0.4 is 10.1 Å². The Kier molecular flexibility index (Phi) is 5.63. The highest BCUT2D eigenvalue weighted by atomic mass is 16.5. The molecule has 1 aromatic carbocycles. The third kappa shape index (κ3) is 4.08. The van der Waals surface area contributed by atoms with Gasteiger partial charge in [-0.25, -0.2) is 0 Å². The Bertz CT molecular complexity index is 779. The van der Waals surface area contributed by atoms with Crippen LogP contribution in [0.25, 0.3) is 0 Å². The zero-order valence-electron chi connectivity index (χ0n) is 15.0. The molecule has 3 rings (SSSR count). The van der Waals surface area contributed by atoms with Gasteiger partial charge in [-0.3, -0.25) is 14.6 Å². The molecule has 26 heavy (non-hydrogen) atoms. The van der Waals surface area contributed by atoms with E-state index >= 15 is 0 Å². The Morgan fingerprint density at radius 3 is 2.88 bits per heavy atom. The molecular formula is C20H23N3O3. The Morgan fingerprint density at radius 2 is 2.15 bits per heavy atom. The lowest BCUT2D eigenvalue weighted by molar-refractivity contribution is -0.141. The third-order valence-electron chi connectivity index (χ3n) is 4.50. The maximum atomic E-state index is 13.0. The Morgan fingerprint density at radius 1 is 1.31 bits per heavy atom. The summed E-state index contributed by atoms with van der Waals surface area (Å²) in [7, 11) is 0. The molecule has 2 atom stereocenters. The standard InChI is InChI=1S/C20H23N3O3/c1-14(24)16-5-3-7-18(11-16)26-15(2)20(25)23-10-9-22-13-19(23)17-6-4-8-21-12-17/h3-8,11-12,15,19,22H,9-10,13H2,1-2H3. The van der Waals surface area contributed by atoms with E-state index in [1.165, 1.54) is 6.92 Å². The van der Waals surface area contributed by atoms with Crippen LogP contribution in [0.5, 0.6) is 5.75 Å². The van der Waals surface area contributed by atoms with Crippen LogP contribution in [-0.4, -0.2) is 47.3 Å². The number of hydrogen-bond donors (Lipinski definition) is 1. The average molecular weight is 353 g/mol. The number of benzene rings is 1. The molecule has 6 heteroatoms. The smallest absolute Gasteiger partial charge is 0.263 e. The van der Waals surface area contributed by atoms with Gasteiger partial charge in [0, 0.05) is 37.6 Å². The number of pyridine rings is 1. The third-order valence-corrected chi connectivity index (χ3v) is 4.50. The number of carbonyl (C=O) groups is 2. The molecule has 1 saturated heterocycles. The van der Waals surface area contributed by atoms with Crippen LogP contribution >= 0.6 is 0 Å². The van der Waals surface area contributed by atoms with Gasteiger partial charge in [0.1, 0.15) is 5.75 Å². The predicted molar refractivity (Wildman–Crippen MR) is 98.1 cm³/mol. The van der Waals surface area contributed by atoms with Crippen LogP contribution in [0, 0.1) is 0 Å². The summed E-state index contributed by atoms with van der Waals surface area (Å²) in [5.41, 5.74) is 1.57. The highest BCUT2D eigenvalue weighted by Crippen LogP contribution is 2.23.